The lowest BCUT2D eigenvalue weighted by molar-refractivity contribution is 0.420. The highest BCUT2D eigenvalue weighted by atomic mass is 19.1. The van der Waals surface area contributed by atoms with Gasteiger partial charge in [-0.25, -0.2) is 4.39 Å². The minimum Gasteiger partial charge on any atom is -0.374 e. The number of hydrogen-bond acceptors (Lipinski definition) is 2. The number of rotatable bonds is 2. The first-order valence-electron chi connectivity index (χ1n) is 5.26. The molecule has 0 radical (unpaired) electrons. The Bertz CT molecular complexity index is 423. The molecular weight excluding hydrogens is 203 g/mol. The number of hydrogen-bond donors (Lipinski definition) is 1. The summed E-state index contributed by atoms with van der Waals surface area (Å²) < 4.78 is 13.7. The monoisotopic (exact) mass is 218 g/mol. The molecule has 0 aromatic heterocycles. The van der Waals surface area contributed by atoms with E-state index in [1.807, 2.05) is 43.6 Å². The van der Waals surface area contributed by atoms with Crippen molar-refractivity contribution in [1.82, 2.24) is 4.90 Å². The Kier molecular flexibility index (Phi) is 3.06. The summed E-state index contributed by atoms with van der Waals surface area (Å²) in [6.45, 7) is 0.298. The summed E-state index contributed by atoms with van der Waals surface area (Å²) in [6.07, 6.45) is 3.59. The minimum atomic E-state index is -0.383. The maximum Gasteiger partial charge on any atom is 0.124 e. The van der Waals surface area contributed by atoms with Crippen LogP contribution in [0.3, 0.4) is 0 Å². The van der Waals surface area contributed by atoms with Crippen LogP contribution in [0.5, 0.6) is 0 Å². The number of likely N-dealkylation sites (N-methyl/N-ethyl adjacent to an activating group) is 1. The second kappa shape index (κ2) is 4.49. The predicted molar refractivity (Wildman–Crippen MR) is 63.3 cm³/mol. The molecule has 2 rings (SSSR count). The third-order valence-corrected chi connectivity index (χ3v) is 2.70. The SMILES string of the molecule is CN1C=CC(C(N)c2ccccc2)=C(F)C1. The first kappa shape index (κ1) is 10.9. The van der Waals surface area contributed by atoms with Gasteiger partial charge in [-0.3, -0.25) is 0 Å². The molecule has 0 aliphatic carbocycles. The van der Waals surface area contributed by atoms with Gasteiger partial charge in [0, 0.05) is 12.6 Å². The van der Waals surface area contributed by atoms with Gasteiger partial charge in [0.25, 0.3) is 0 Å². The van der Waals surface area contributed by atoms with Gasteiger partial charge in [0.15, 0.2) is 0 Å². The van der Waals surface area contributed by atoms with Crippen LogP contribution in [0.25, 0.3) is 0 Å². The molecule has 1 atom stereocenters. The quantitative estimate of drug-likeness (QED) is 0.825. The van der Waals surface area contributed by atoms with Gasteiger partial charge in [0.1, 0.15) is 5.83 Å². The highest BCUT2D eigenvalue weighted by molar-refractivity contribution is 5.37. The van der Waals surface area contributed by atoms with E-state index in [-0.39, 0.29) is 11.9 Å². The molecule has 1 aliphatic heterocycles. The molecular formula is C13H15FN2. The van der Waals surface area contributed by atoms with E-state index >= 15 is 0 Å². The number of nitrogens with zero attached hydrogens (tertiary/aromatic N) is 1. The van der Waals surface area contributed by atoms with Gasteiger partial charge in [-0.15, -0.1) is 0 Å². The largest absolute Gasteiger partial charge is 0.374 e. The summed E-state index contributed by atoms with van der Waals surface area (Å²) in [7, 11) is 1.83. The van der Waals surface area contributed by atoms with Crippen molar-refractivity contribution in [3.05, 3.63) is 59.6 Å². The van der Waals surface area contributed by atoms with Gasteiger partial charge in [-0.2, -0.15) is 0 Å². The van der Waals surface area contributed by atoms with Crippen LogP contribution in [-0.2, 0) is 0 Å². The summed E-state index contributed by atoms with van der Waals surface area (Å²) in [5.74, 6) is -0.152. The summed E-state index contributed by atoms with van der Waals surface area (Å²) in [5, 5.41) is 0. The van der Waals surface area contributed by atoms with Crippen LogP contribution in [0.15, 0.2) is 54.0 Å². The maximum absolute atomic E-state index is 13.7. The molecule has 16 heavy (non-hydrogen) atoms. The predicted octanol–water partition coefficient (Wildman–Crippen LogP) is 2.37. The van der Waals surface area contributed by atoms with Crippen LogP contribution < -0.4 is 5.73 Å². The van der Waals surface area contributed by atoms with E-state index in [1.165, 1.54) is 0 Å². The Morgan fingerprint density at radius 1 is 1.31 bits per heavy atom. The Balaban J connectivity index is 2.26. The maximum atomic E-state index is 13.7. The van der Waals surface area contributed by atoms with Crippen molar-refractivity contribution in [2.75, 3.05) is 13.6 Å². The van der Waals surface area contributed by atoms with Gasteiger partial charge in [-0.1, -0.05) is 30.3 Å². The van der Waals surface area contributed by atoms with Gasteiger partial charge >= 0.3 is 0 Å². The molecule has 0 saturated heterocycles. The van der Waals surface area contributed by atoms with Crippen LogP contribution in [0.1, 0.15) is 11.6 Å². The number of halogens is 1. The lowest BCUT2D eigenvalue weighted by atomic mass is 9.97. The molecule has 1 aromatic rings. The average Bonchev–Trinajstić information content (AvgIpc) is 2.29. The minimum absolute atomic E-state index is 0.152. The molecule has 0 spiro atoms. The molecule has 0 saturated carbocycles. The molecule has 0 amide bonds. The molecule has 0 fully saturated rings. The second-order valence-electron chi connectivity index (χ2n) is 3.98. The number of benzene rings is 1. The molecule has 1 aromatic carbocycles. The zero-order chi connectivity index (χ0) is 11.5. The fourth-order valence-electron chi connectivity index (χ4n) is 1.77. The van der Waals surface area contributed by atoms with Gasteiger partial charge < -0.3 is 10.6 Å². The first-order valence-corrected chi connectivity index (χ1v) is 5.26. The molecule has 3 heteroatoms. The average molecular weight is 218 g/mol. The second-order valence-corrected chi connectivity index (χ2v) is 3.98. The highest BCUT2D eigenvalue weighted by Gasteiger charge is 2.18. The van der Waals surface area contributed by atoms with Crippen molar-refractivity contribution in [3.63, 3.8) is 0 Å². The van der Waals surface area contributed by atoms with E-state index in [9.17, 15) is 4.39 Å². The van der Waals surface area contributed by atoms with E-state index in [0.29, 0.717) is 12.1 Å². The zero-order valence-corrected chi connectivity index (χ0v) is 9.23. The van der Waals surface area contributed by atoms with Crippen molar-refractivity contribution in [3.8, 4) is 0 Å². The van der Waals surface area contributed by atoms with Crippen LogP contribution >= 0.6 is 0 Å². The van der Waals surface area contributed by atoms with E-state index < -0.39 is 0 Å². The van der Waals surface area contributed by atoms with Gasteiger partial charge in [0.2, 0.25) is 0 Å². The molecule has 0 bridgehead atoms. The molecule has 84 valence electrons. The summed E-state index contributed by atoms with van der Waals surface area (Å²) >= 11 is 0. The third-order valence-electron chi connectivity index (χ3n) is 2.70. The van der Waals surface area contributed by atoms with Crippen LogP contribution in [0.4, 0.5) is 4.39 Å². The van der Waals surface area contributed by atoms with Crippen molar-refractivity contribution in [1.29, 1.82) is 0 Å². The standard InChI is InChI=1S/C13H15FN2/c1-16-8-7-11(12(14)9-16)13(15)10-5-3-2-4-6-10/h2-8,13H,9,15H2,1H3. The number of nitrogens with two attached hydrogens (primary N) is 1. The van der Waals surface area contributed by atoms with Crippen LogP contribution in [-0.4, -0.2) is 18.5 Å². The van der Waals surface area contributed by atoms with Gasteiger partial charge in [-0.05, 0) is 17.8 Å². The Hall–Kier alpha value is -1.61. The molecule has 1 heterocycles. The van der Waals surface area contributed by atoms with Crippen LogP contribution in [0, 0.1) is 0 Å². The molecule has 2 nitrogen and oxygen atoms in total. The van der Waals surface area contributed by atoms with E-state index in [2.05, 4.69) is 0 Å². The van der Waals surface area contributed by atoms with Crippen molar-refractivity contribution < 1.29 is 4.39 Å². The fourth-order valence-corrected chi connectivity index (χ4v) is 1.77. The van der Waals surface area contributed by atoms with E-state index in [1.54, 1.807) is 11.0 Å². The van der Waals surface area contributed by atoms with Crippen molar-refractivity contribution >= 4 is 0 Å². The Morgan fingerprint density at radius 2 is 2.00 bits per heavy atom. The van der Waals surface area contributed by atoms with Crippen molar-refractivity contribution in [2.45, 2.75) is 6.04 Å². The zero-order valence-electron chi connectivity index (χ0n) is 9.23. The molecule has 1 aliphatic rings. The van der Waals surface area contributed by atoms with Crippen LogP contribution in [0.2, 0.25) is 0 Å². The third kappa shape index (κ3) is 2.14. The smallest absolute Gasteiger partial charge is 0.124 e. The summed E-state index contributed by atoms with van der Waals surface area (Å²) in [6, 6.07) is 9.18. The fraction of sp³-hybridized carbons (Fsp3) is 0.231. The first-order chi connectivity index (χ1) is 7.68. The normalized spacial score (nSPS) is 17.8. The highest BCUT2D eigenvalue weighted by Crippen LogP contribution is 2.26. The Morgan fingerprint density at radius 3 is 2.62 bits per heavy atom. The molecule has 2 N–H and O–H groups in total. The van der Waals surface area contributed by atoms with Gasteiger partial charge in [0.05, 0.1) is 12.6 Å². The summed E-state index contributed by atoms with van der Waals surface area (Å²) in [5.41, 5.74) is 7.54. The molecule has 1 unspecified atom stereocenters. The summed E-state index contributed by atoms with van der Waals surface area (Å²) in [4.78, 5) is 1.79. The lowest BCUT2D eigenvalue weighted by Crippen LogP contribution is -2.22. The van der Waals surface area contributed by atoms with E-state index in [4.69, 9.17) is 5.73 Å². The van der Waals surface area contributed by atoms with E-state index in [0.717, 1.165) is 5.56 Å². The topological polar surface area (TPSA) is 29.3 Å². The lowest BCUT2D eigenvalue weighted by Gasteiger charge is -2.22. The Labute approximate surface area is 94.9 Å². The van der Waals surface area contributed by atoms with Crippen molar-refractivity contribution in [2.24, 2.45) is 5.73 Å².